The zero-order valence-corrected chi connectivity index (χ0v) is 18.4. The molecule has 0 bridgehead atoms. The molecule has 1 aromatic carbocycles. The van der Waals surface area contributed by atoms with Gasteiger partial charge < -0.3 is 20.5 Å². The molecular weight excluding hydrogens is 449 g/mol. The Balaban J connectivity index is 0.00000312. The zero-order valence-electron chi connectivity index (χ0n) is 15.2. The van der Waals surface area contributed by atoms with Gasteiger partial charge in [-0.2, -0.15) is 11.8 Å². The van der Waals surface area contributed by atoms with Gasteiger partial charge in [-0.25, -0.2) is 4.99 Å². The second kappa shape index (κ2) is 11.7. The number of thioether (sulfide) groups is 1. The second-order valence-electron chi connectivity index (χ2n) is 5.93. The predicted molar refractivity (Wildman–Crippen MR) is 118 cm³/mol. The van der Waals surface area contributed by atoms with Crippen LogP contribution in [0.25, 0.3) is 0 Å². The van der Waals surface area contributed by atoms with Gasteiger partial charge in [0.25, 0.3) is 0 Å². The van der Waals surface area contributed by atoms with E-state index >= 15 is 0 Å². The van der Waals surface area contributed by atoms with E-state index in [1.165, 1.54) is 25.0 Å². The first-order valence-electron chi connectivity index (χ1n) is 8.68. The molecule has 1 aliphatic carbocycles. The lowest BCUT2D eigenvalue weighted by Crippen LogP contribution is -2.42. The van der Waals surface area contributed by atoms with Crippen molar-refractivity contribution in [3.8, 4) is 11.5 Å². The molecule has 5 nitrogen and oxygen atoms in total. The van der Waals surface area contributed by atoms with Crippen molar-refractivity contribution >= 4 is 41.7 Å². The number of halogens is 1. The maximum Gasteiger partial charge on any atom is 0.191 e. The minimum absolute atomic E-state index is 0. The lowest BCUT2D eigenvalue weighted by atomic mass is 10.2. The van der Waals surface area contributed by atoms with E-state index in [1.807, 2.05) is 6.07 Å². The van der Waals surface area contributed by atoms with E-state index in [9.17, 15) is 5.11 Å². The predicted octanol–water partition coefficient (Wildman–Crippen LogP) is 3.75. The number of benzene rings is 1. The smallest absolute Gasteiger partial charge is 0.191 e. The highest BCUT2D eigenvalue weighted by molar-refractivity contribution is 14.0. The van der Waals surface area contributed by atoms with Crippen LogP contribution in [0.1, 0.15) is 38.7 Å². The number of nitrogens with one attached hydrogen (secondary N) is 2. The first kappa shape index (κ1) is 22.2. The van der Waals surface area contributed by atoms with Crippen LogP contribution in [0.5, 0.6) is 11.5 Å². The van der Waals surface area contributed by atoms with Crippen LogP contribution in [0, 0.1) is 0 Å². The van der Waals surface area contributed by atoms with Crippen molar-refractivity contribution in [1.29, 1.82) is 0 Å². The van der Waals surface area contributed by atoms with Crippen molar-refractivity contribution < 1.29 is 9.84 Å². The van der Waals surface area contributed by atoms with Crippen LogP contribution in [0.15, 0.2) is 23.2 Å². The quantitative estimate of drug-likeness (QED) is 0.316. The third-order valence-electron chi connectivity index (χ3n) is 4.13. The fourth-order valence-corrected chi connectivity index (χ4v) is 4.12. The van der Waals surface area contributed by atoms with Gasteiger partial charge in [0.2, 0.25) is 0 Å². The Hall–Kier alpha value is -0.830. The van der Waals surface area contributed by atoms with Gasteiger partial charge in [-0.05, 0) is 49.6 Å². The summed E-state index contributed by atoms with van der Waals surface area (Å²) in [6.07, 6.45) is 3.68. The van der Waals surface area contributed by atoms with Gasteiger partial charge in [0, 0.05) is 17.8 Å². The molecule has 0 spiro atoms. The Kier molecular flexibility index (Phi) is 10.4. The molecule has 1 aliphatic rings. The Labute approximate surface area is 172 Å². The van der Waals surface area contributed by atoms with Crippen LogP contribution < -0.4 is 15.4 Å². The highest BCUT2D eigenvalue weighted by atomic mass is 127. The minimum Gasteiger partial charge on any atom is -0.504 e. The third kappa shape index (κ3) is 7.13. The fraction of sp³-hybridized carbons (Fsp3) is 0.611. The molecule has 0 aliphatic heterocycles. The number of rotatable bonds is 7. The summed E-state index contributed by atoms with van der Waals surface area (Å²) in [6, 6.07) is 5.89. The van der Waals surface area contributed by atoms with Crippen molar-refractivity contribution in [1.82, 2.24) is 10.6 Å². The molecule has 0 saturated heterocycles. The van der Waals surface area contributed by atoms with Crippen LogP contribution in [0.3, 0.4) is 0 Å². The van der Waals surface area contributed by atoms with Crippen LogP contribution >= 0.6 is 35.7 Å². The van der Waals surface area contributed by atoms with E-state index in [0.29, 0.717) is 18.3 Å². The van der Waals surface area contributed by atoms with Crippen molar-refractivity contribution in [2.75, 3.05) is 19.4 Å². The maximum absolute atomic E-state index is 9.86. The van der Waals surface area contributed by atoms with Crippen molar-refractivity contribution in [3.63, 3.8) is 0 Å². The van der Waals surface area contributed by atoms with Crippen molar-refractivity contribution in [3.05, 3.63) is 23.8 Å². The van der Waals surface area contributed by atoms with E-state index in [4.69, 9.17) is 4.74 Å². The molecule has 25 heavy (non-hydrogen) atoms. The topological polar surface area (TPSA) is 65.9 Å². The molecule has 0 aromatic heterocycles. The number of phenolic OH excluding ortho intramolecular Hbond substituents is 1. The minimum atomic E-state index is 0. The molecule has 1 fully saturated rings. The average Bonchev–Trinajstić information content (AvgIpc) is 3.00. The Morgan fingerprint density at radius 3 is 2.80 bits per heavy atom. The van der Waals surface area contributed by atoms with E-state index < -0.39 is 0 Å². The Morgan fingerprint density at radius 2 is 2.16 bits per heavy atom. The van der Waals surface area contributed by atoms with Gasteiger partial charge in [-0.15, -0.1) is 24.0 Å². The van der Waals surface area contributed by atoms with Crippen LogP contribution in [-0.2, 0) is 6.54 Å². The number of guanidine groups is 1. The summed E-state index contributed by atoms with van der Waals surface area (Å²) in [7, 11) is 1.55. The van der Waals surface area contributed by atoms with E-state index in [2.05, 4.69) is 41.2 Å². The molecule has 2 atom stereocenters. The fourth-order valence-electron chi connectivity index (χ4n) is 2.98. The highest BCUT2D eigenvalue weighted by Crippen LogP contribution is 2.29. The molecule has 3 N–H and O–H groups in total. The van der Waals surface area contributed by atoms with E-state index in [0.717, 1.165) is 23.3 Å². The summed E-state index contributed by atoms with van der Waals surface area (Å²) >= 11 is 2.06. The number of aromatic hydroxyl groups is 1. The number of hydrogen-bond acceptors (Lipinski definition) is 4. The van der Waals surface area contributed by atoms with Gasteiger partial charge in [0.1, 0.15) is 0 Å². The molecule has 0 amide bonds. The van der Waals surface area contributed by atoms with Crippen molar-refractivity contribution in [2.45, 2.75) is 50.9 Å². The second-order valence-corrected chi connectivity index (χ2v) is 7.51. The van der Waals surface area contributed by atoms with Gasteiger partial charge in [-0.1, -0.05) is 13.0 Å². The molecule has 0 heterocycles. The summed E-state index contributed by atoms with van der Waals surface area (Å²) in [6.45, 7) is 5.65. The van der Waals surface area contributed by atoms with E-state index in [-0.39, 0.29) is 29.7 Å². The molecule has 1 saturated carbocycles. The van der Waals surface area contributed by atoms with Gasteiger partial charge in [-0.3, -0.25) is 0 Å². The van der Waals surface area contributed by atoms with Gasteiger partial charge in [0.05, 0.1) is 13.7 Å². The number of ether oxygens (including phenoxy) is 1. The maximum atomic E-state index is 9.86. The number of nitrogens with zero attached hydrogens (tertiary/aromatic N) is 1. The Morgan fingerprint density at radius 1 is 1.36 bits per heavy atom. The summed E-state index contributed by atoms with van der Waals surface area (Å²) < 4.78 is 5.07. The molecule has 7 heteroatoms. The van der Waals surface area contributed by atoms with Crippen molar-refractivity contribution in [2.24, 2.45) is 4.99 Å². The SMILES string of the molecule is CCNC(=NCc1ccc(OC)c(O)c1)NC1CCC(SCC)C1.I. The molecule has 2 unspecified atom stereocenters. The average molecular weight is 479 g/mol. The number of aliphatic imine (C=N–C) groups is 1. The molecule has 1 aromatic rings. The highest BCUT2D eigenvalue weighted by Gasteiger charge is 2.25. The van der Waals surface area contributed by atoms with Gasteiger partial charge >= 0.3 is 0 Å². The monoisotopic (exact) mass is 479 g/mol. The first-order valence-corrected chi connectivity index (χ1v) is 9.73. The summed E-state index contributed by atoms with van der Waals surface area (Å²) in [4.78, 5) is 4.65. The standard InChI is InChI=1S/C18H29N3O2S.HI/c1-4-19-18(21-14-7-8-15(11-14)24-5-2)20-12-13-6-9-17(23-3)16(22)10-13;/h6,9-10,14-15,22H,4-5,7-8,11-12H2,1-3H3,(H2,19,20,21);1H. The molecular formula is C18H30IN3O2S. The molecule has 142 valence electrons. The molecule has 0 radical (unpaired) electrons. The number of phenols is 1. The molecule has 2 rings (SSSR count). The lowest BCUT2D eigenvalue weighted by molar-refractivity contribution is 0.373. The summed E-state index contributed by atoms with van der Waals surface area (Å²) in [5.41, 5.74) is 0.955. The first-order chi connectivity index (χ1) is 11.7. The lowest BCUT2D eigenvalue weighted by Gasteiger charge is -2.17. The van der Waals surface area contributed by atoms with E-state index in [1.54, 1.807) is 19.2 Å². The largest absolute Gasteiger partial charge is 0.504 e. The van der Waals surface area contributed by atoms with Crippen LogP contribution in [0.2, 0.25) is 0 Å². The van der Waals surface area contributed by atoms with Crippen LogP contribution in [-0.4, -0.2) is 41.8 Å². The zero-order chi connectivity index (χ0) is 17.4. The Bertz CT molecular complexity index is 557. The number of methoxy groups -OCH3 is 1. The third-order valence-corrected chi connectivity index (χ3v) is 5.37. The van der Waals surface area contributed by atoms with Gasteiger partial charge in [0.15, 0.2) is 17.5 Å². The summed E-state index contributed by atoms with van der Waals surface area (Å²) in [5, 5.41) is 17.5. The van der Waals surface area contributed by atoms with Crippen LogP contribution in [0.4, 0.5) is 0 Å². The number of hydrogen-bond donors (Lipinski definition) is 3. The normalized spacial score (nSPS) is 20.0. The summed E-state index contributed by atoms with van der Waals surface area (Å²) in [5.74, 6) is 2.67.